The molecule has 1 fully saturated rings. The Hall–Kier alpha value is -3.52. The van der Waals surface area contributed by atoms with E-state index in [0.717, 1.165) is 22.0 Å². The molecular formula is C21H15N3O4S. The Morgan fingerprint density at radius 3 is 2.59 bits per heavy atom. The molecule has 29 heavy (non-hydrogen) atoms. The maximum Gasteiger partial charge on any atom is 0.345 e. The van der Waals surface area contributed by atoms with Crippen molar-refractivity contribution >= 4 is 45.4 Å². The van der Waals surface area contributed by atoms with Crippen LogP contribution in [0.1, 0.15) is 22.8 Å². The van der Waals surface area contributed by atoms with Crippen molar-refractivity contribution in [1.82, 2.24) is 4.90 Å². The molecule has 2 aromatic carbocycles. The fraction of sp³-hybridized carbons (Fsp3) is 0.0952. The van der Waals surface area contributed by atoms with Crippen molar-refractivity contribution in [3.05, 3.63) is 82.2 Å². The molecule has 0 spiro atoms. The number of rotatable bonds is 3. The topological polar surface area (TPSA) is 92.3 Å². The minimum atomic E-state index is -0.530. The molecule has 1 saturated heterocycles. The molecule has 0 saturated carbocycles. The van der Waals surface area contributed by atoms with Gasteiger partial charge in [-0.2, -0.15) is 5.10 Å². The van der Waals surface area contributed by atoms with Gasteiger partial charge in [-0.1, -0.05) is 48.2 Å². The van der Waals surface area contributed by atoms with E-state index < -0.39 is 11.5 Å². The second-order valence-corrected chi connectivity index (χ2v) is 7.18. The van der Waals surface area contributed by atoms with Crippen LogP contribution in [-0.4, -0.2) is 33.3 Å². The Balaban J connectivity index is 1.67. The first-order valence-electron chi connectivity index (χ1n) is 8.75. The van der Waals surface area contributed by atoms with Gasteiger partial charge in [0.05, 0.1) is 17.0 Å². The van der Waals surface area contributed by atoms with Crippen molar-refractivity contribution < 1.29 is 14.0 Å². The number of hydrogen-bond donors (Lipinski definition) is 0. The largest absolute Gasteiger partial charge is 0.422 e. The minimum Gasteiger partial charge on any atom is -0.422 e. The van der Waals surface area contributed by atoms with Gasteiger partial charge in [-0.05, 0) is 31.2 Å². The molecule has 0 N–H and O–H groups in total. The Labute approximate surface area is 169 Å². The van der Waals surface area contributed by atoms with Gasteiger partial charge in [0.1, 0.15) is 5.58 Å². The smallest absolute Gasteiger partial charge is 0.345 e. The SMILES string of the molecule is C/C(=N/N=C1/SCC(=O)N1C(=O)c1ccccc1)c1cc2ccccc2oc1=O. The van der Waals surface area contributed by atoms with Crippen LogP contribution in [0.3, 0.4) is 0 Å². The number of imide groups is 1. The molecule has 144 valence electrons. The molecule has 2 amide bonds. The van der Waals surface area contributed by atoms with Gasteiger partial charge in [-0.3, -0.25) is 9.59 Å². The first-order valence-corrected chi connectivity index (χ1v) is 9.74. The standard InChI is InChI=1S/C21H15N3O4S/c1-13(16-11-15-9-5-6-10-17(15)28-20(16)27)22-23-21-24(18(25)12-29-21)19(26)14-7-3-2-4-8-14/h2-11H,12H2,1H3/b22-13-,23-21+. The van der Waals surface area contributed by atoms with Crippen LogP contribution in [0.15, 0.2) is 80.1 Å². The summed E-state index contributed by atoms with van der Waals surface area (Å²) >= 11 is 1.12. The predicted molar refractivity (Wildman–Crippen MR) is 112 cm³/mol. The van der Waals surface area contributed by atoms with Gasteiger partial charge in [0.15, 0.2) is 5.17 Å². The number of amides is 2. The highest BCUT2D eigenvalue weighted by Gasteiger charge is 2.34. The van der Waals surface area contributed by atoms with Crippen LogP contribution in [0, 0.1) is 0 Å². The molecule has 7 nitrogen and oxygen atoms in total. The van der Waals surface area contributed by atoms with Gasteiger partial charge in [0.25, 0.3) is 5.91 Å². The van der Waals surface area contributed by atoms with Gasteiger partial charge >= 0.3 is 5.63 Å². The van der Waals surface area contributed by atoms with Gasteiger partial charge < -0.3 is 4.42 Å². The number of thioether (sulfide) groups is 1. The van der Waals surface area contributed by atoms with Gasteiger partial charge in [-0.25, -0.2) is 9.69 Å². The Morgan fingerprint density at radius 2 is 1.79 bits per heavy atom. The van der Waals surface area contributed by atoms with Crippen LogP contribution in [0.4, 0.5) is 0 Å². The first-order chi connectivity index (χ1) is 14.0. The van der Waals surface area contributed by atoms with Crippen molar-refractivity contribution in [2.75, 3.05) is 5.75 Å². The summed E-state index contributed by atoms with van der Waals surface area (Å²) in [6.45, 7) is 1.62. The molecule has 0 aliphatic carbocycles. The number of nitrogens with zero attached hydrogens (tertiary/aromatic N) is 3. The van der Waals surface area contributed by atoms with Gasteiger partial charge in [-0.15, -0.1) is 5.10 Å². The summed E-state index contributed by atoms with van der Waals surface area (Å²) in [5.41, 5.74) is 0.925. The van der Waals surface area contributed by atoms with Crippen molar-refractivity contribution in [2.24, 2.45) is 10.2 Å². The summed E-state index contributed by atoms with van der Waals surface area (Å²) in [4.78, 5) is 38.2. The molecule has 2 heterocycles. The summed E-state index contributed by atoms with van der Waals surface area (Å²) in [6.07, 6.45) is 0. The highest BCUT2D eigenvalue weighted by molar-refractivity contribution is 8.15. The van der Waals surface area contributed by atoms with Crippen LogP contribution < -0.4 is 5.63 Å². The molecule has 0 bridgehead atoms. The van der Waals surface area contributed by atoms with Crippen LogP contribution in [-0.2, 0) is 4.79 Å². The lowest BCUT2D eigenvalue weighted by Crippen LogP contribution is -2.35. The lowest BCUT2D eigenvalue weighted by molar-refractivity contribution is -0.122. The average Bonchev–Trinajstić information content (AvgIpc) is 3.11. The number of hydrogen-bond acceptors (Lipinski definition) is 7. The predicted octanol–water partition coefficient (Wildman–Crippen LogP) is 3.29. The van der Waals surface area contributed by atoms with Crippen LogP contribution in [0.25, 0.3) is 11.0 Å². The van der Waals surface area contributed by atoms with Crippen LogP contribution in [0.2, 0.25) is 0 Å². The zero-order valence-corrected chi connectivity index (χ0v) is 16.2. The van der Waals surface area contributed by atoms with Gasteiger partial charge in [0, 0.05) is 10.9 Å². The Kier molecular flexibility index (Phi) is 5.09. The van der Waals surface area contributed by atoms with Gasteiger partial charge in [0.2, 0.25) is 5.91 Å². The summed E-state index contributed by atoms with van der Waals surface area (Å²) in [7, 11) is 0. The van der Waals surface area contributed by atoms with E-state index >= 15 is 0 Å². The molecular weight excluding hydrogens is 390 g/mol. The second kappa shape index (κ2) is 7.84. The van der Waals surface area contributed by atoms with E-state index in [1.54, 1.807) is 55.5 Å². The van der Waals surface area contributed by atoms with E-state index in [4.69, 9.17) is 4.42 Å². The number of benzene rings is 2. The third kappa shape index (κ3) is 3.74. The monoisotopic (exact) mass is 405 g/mol. The third-order valence-corrected chi connectivity index (χ3v) is 5.22. The van der Waals surface area contributed by atoms with Crippen molar-refractivity contribution in [1.29, 1.82) is 0 Å². The van der Waals surface area contributed by atoms with E-state index in [2.05, 4.69) is 10.2 Å². The minimum absolute atomic E-state index is 0.101. The molecule has 1 aliphatic rings. The van der Waals surface area contributed by atoms with E-state index in [0.29, 0.717) is 16.9 Å². The van der Waals surface area contributed by atoms with E-state index in [1.807, 2.05) is 12.1 Å². The number of fused-ring (bicyclic) bond motifs is 1. The van der Waals surface area contributed by atoms with E-state index in [1.165, 1.54) is 0 Å². The number of para-hydroxylation sites is 1. The summed E-state index contributed by atoms with van der Waals surface area (Å²) < 4.78 is 5.31. The number of carbonyl (C=O) groups is 2. The summed E-state index contributed by atoms with van der Waals surface area (Å²) in [5.74, 6) is -0.720. The quantitative estimate of drug-likeness (QED) is 0.289. The maximum atomic E-state index is 12.7. The molecule has 3 aromatic rings. The summed E-state index contributed by atoms with van der Waals surface area (Å²) in [6, 6.07) is 17.3. The molecule has 8 heteroatoms. The molecule has 1 aliphatic heterocycles. The second-order valence-electron chi connectivity index (χ2n) is 6.24. The zero-order valence-electron chi connectivity index (χ0n) is 15.4. The van der Waals surface area contributed by atoms with Crippen molar-refractivity contribution in [3.63, 3.8) is 0 Å². The maximum absolute atomic E-state index is 12.7. The lowest BCUT2D eigenvalue weighted by atomic mass is 10.1. The van der Waals surface area contributed by atoms with E-state index in [-0.39, 0.29) is 22.4 Å². The van der Waals surface area contributed by atoms with Crippen molar-refractivity contribution in [3.8, 4) is 0 Å². The molecule has 0 radical (unpaired) electrons. The van der Waals surface area contributed by atoms with E-state index in [9.17, 15) is 14.4 Å². The molecule has 1 aromatic heterocycles. The summed E-state index contributed by atoms with van der Waals surface area (Å²) in [5, 5.41) is 9.09. The lowest BCUT2D eigenvalue weighted by Gasteiger charge is -2.13. The van der Waals surface area contributed by atoms with Crippen LogP contribution >= 0.6 is 11.8 Å². The fourth-order valence-corrected chi connectivity index (χ4v) is 3.63. The normalized spacial score (nSPS) is 16.0. The Bertz CT molecular complexity index is 1230. The average molecular weight is 405 g/mol. The first kappa shape index (κ1) is 18.8. The fourth-order valence-electron chi connectivity index (χ4n) is 2.83. The van der Waals surface area contributed by atoms with Crippen LogP contribution in [0.5, 0.6) is 0 Å². The highest BCUT2D eigenvalue weighted by atomic mass is 32.2. The molecule has 4 rings (SSSR count). The zero-order chi connectivity index (χ0) is 20.4. The molecule has 0 atom stereocenters. The highest BCUT2D eigenvalue weighted by Crippen LogP contribution is 2.22. The Morgan fingerprint density at radius 1 is 1.07 bits per heavy atom. The molecule has 0 unspecified atom stereocenters. The number of amidine groups is 1. The van der Waals surface area contributed by atoms with Crippen molar-refractivity contribution in [2.45, 2.75) is 6.92 Å². The third-order valence-electron chi connectivity index (χ3n) is 4.31. The number of carbonyl (C=O) groups excluding carboxylic acids is 2.